The Hall–Kier alpha value is 1.38. The number of hydrogen-bond donors (Lipinski definition) is 0. The Morgan fingerprint density at radius 2 is 1.00 bits per heavy atom. The van der Waals surface area contributed by atoms with Crippen LogP contribution >= 0.6 is 34.0 Å². The molecule has 4 heteroatoms. The van der Waals surface area contributed by atoms with Crippen molar-refractivity contribution in [3.8, 4) is 0 Å². The van der Waals surface area contributed by atoms with E-state index in [1.54, 1.807) is 0 Å². The first-order chi connectivity index (χ1) is 1.00. The third-order valence-electron chi connectivity index (χ3n) is 0. The first-order valence-corrected chi connectivity index (χ1v) is 1.50. The molecule has 0 bridgehead atoms. The Bertz CT molecular complexity index is 6.00. The van der Waals surface area contributed by atoms with Gasteiger partial charge >= 0.3 is 21.8 Å². The molecule has 24 valence electrons. The van der Waals surface area contributed by atoms with E-state index in [4.69, 9.17) is 3.57 Å². The Morgan fingerprint density at radius 1 is 1.00 bits per heavy atom. The van der Waals surface area contributed by atoms with Gasteiger partial charge < -0.3 is 0 Å². The molecule has 0 aliphatic rings. The van der Waals surface area contributed by atoms with E-state index in [9.17, 15) is 0 Å². The fourth-order valence-electron chi connectivity index (χ4n) is 0. The van der Waals surface area contributed by atoms with Crippen molar-refractivity contribution < 1.29 is 21.8 Å². The van der Waals surface area contributed by atoms with E-state index in [1.165, 1.54) is 0 Å². The van der Waals surface area contributed by atoms with Crippen LogP contribution in [0.5, 0.6) is 0 Å². The normalized spacial score (nSPS) is 1.50. The van der Waals surface area contributed by atoms with Crippen LogP contribution in [0, 0.1) is 0 Å². The first kappa shape index (κ1) is 18.2. The molecule has 0 N–H and O–H groups in total. The van der Waals surface area contributed by atoms with Crippen molar-refractivity contribution in [2.24, 2.45) is 0 Å². The molecule has 0 aromatic heterocycles. The second-order valence-corrected chi connectivity index (χ2v) is 0. The van der Waals surface area contributed by atoms with Gasteiger partial charge in [-0.15, -0.1) is 34.0 Å². The van der Waals surface area contributed by atoms with Crippen LogP contribution in [0.25, 0.3) is 0 Å². The zero-order chi connectivity index (χ0) is 2.00. The standard InChI is InChI=1S/2BrH.O.Zn/h2*1H;;. The minimum absolute atomic E-state index is 0. The van der Waals surface area contributed by atoms with Crippen molar-refractivity contribution in [3.05, 3.63) is 0 Å². The van der Waals surface area contributed by atoms with Gasteiger partial charge in [0.05, 0.1) is 0 Å². The summed E-state index contributed by atoms with van der Waals surface area (Å²) in [4.78, 5) is 0. The van der Waals surface area contributed by atoms with Crippen LogP contribution in [0.4, 0.5) is 0 Å². The van der Waals surface area contributed by atoms with Crippen LogP contribution in [-0.2, 0) is 21.8 Å². The van der Waals surface area contributed by atoms with Crippen molar-refractivity contribution >= 4 is 34.0 Å². The predicted molar refractivity (Wildman–Crippen MR) is 21.3 cm³/mol. The van der Waals surface area contributed by atoms with E-state index in [0.29, 0.717) is 0 Å². The van der Waals surface area contributed by atoms with Crippen LogP contribution in [0.2, 0.25) is 0 Å². The summed E-state index contributed by atoms with van der Waals surface area (Å²) in [6.07, 6.45) is 0. The molecular formula is H2Br2OZn. The summed E-state index contributed by atoms with van der Waals surface area (Å²) >= 11 is 0.125. The van der Waals surface area contributed by atoms with E-state index < -0.39 is 0 Å². The zero-order valence-electron chi connectivity index (χ0n) is 1.93. The molecule has 0 radical (unpaired) electrons. The van der Waals surface area contributed by atoms with Gasteiger partial charge in [-0.2, -0.15) is 0 Å². The van der Waals surface area contributed by atoms with Crippen molar-refractivity contribution in [2.45, 2.75) is 0 Å². The van der Waals surface area contributed by atoms with Crippen LogP contribution in [0.3, 0.4) is 0 Å². The molecule has 1 nitrogen and oxygen atoms in total. The molecule has 0 spiro atoms. The fraction of sp³-hybridized carbons (Fsp3) is 0. The van der Waals surface area contributed by atoms with Crippen molar-refractivity contribution in [2.75, 3.05) is 0 Å². The Balaban J connectivity index is -0.00000000500. The van der Waals surface area contributed by atoms with Gasteiger partial charge in [0.2, 0.25) is 0 Å². The Morgan fingerprint density at radius 3 is 1.00 bits per heavy atom. The van der Waals surface area contributed by atoms with Gasteiger partial charge in [0.15, 0.2) is 0 Å². The minimum atomic E-state index is 0. The maximum atomic E-state index is 8.38. The van der Waals surface area contributed by atoms with E-state index in [2.05, 4.69) is 0 Å². The SMILES string of the molecule is Br.Br.[O]=[Zn]. The molecule has 0 rings (SSSR count). The summed E-state index contributed by atoms with van der Waals surface area (Å²) in [5.74, 6) is 0. The molecule has 0 saturated carbocycles. The van der Waals surface area contributed by atoms with Gasteiger partial charge in [-0.1, -0.05) is 0 Å². The molecule has 0 aliphatic heterocycles. The molecule has 0 aromatic carbocycles. The van der Waals surface area contributed by atoms with Crippen LogP contribution < -0.4 is 0 Å². The number of hydrogen-bond acceptors (Lipinski definition) is 1. The van der Waals surface area contributed by atoms with Crippen LogP contribution in [0.15, 0.2) is 0 Å². The second kappa shape index (κ2) is 26.2. The zero-order valence-corrected chi connectivity index (χ0v) is 8.33. The van der Waals surface area contributed by atoms with Gasteiger partial charge in [0, 0.05) is 0 Å². The third-order valence-corrected chi connectivity index (χ3v) is 0. The van der Waals surface area contributed by atoms with Crippen LogP contribution in [-0.4, -0.2) is 0 Å². The topological polar surface area (TPSA) is 17.1 Å². The molecule has 0 amide bonds. The van der Waals surface area contributed by atoms with Gasteiger partial charge in [-0.05, 0) is 0 Å². The Labute approximate surface area is 55.6 Å². The van der Waals surface area contributed by atoms with Gasteiger partial charge in [0.1, 0.15) is 0 Å². The summed E-state index contributed by atoms with van der Waals surface area (Å²) in [5, 5.41) is 0. The molecule has 0 saturated heterocycles. The summed E-state index contributed by atoms with van der Waals surface area (Å²) in [5.41, 5.74) is 0. The molecule has 0 heterocycles. The first-order valence-electron chi connectivity index (χ1n) is 0.289. The van der Waals surface area contributed by atoms with E-state index >= 15 is 0 Å². The summed E-state index contributed by atoms with van der Waals surface area (Å²) < 4.78 is 8.38. The predicted octanol–water partition coefficient (Wildman–Crippen LogP) is 1.03. The number of halogens is 2. The van der Waals surface area contributed by atoms with Gasteiger partial charge in [-0.3, -0.25) is 0 Å². The monoisotopic (exact) mass is 240 g/mol. The fourth-order valence-corrected chi connectivity index (χ4v) is 0. The van der Waals surface area contributed by atoms with Crippen LogP contribution in [0.1, 0.15) is 0 Å². The van der Waals surface area contributed by atoms with Crippen molar-refractivity contribution in [3.63, 3.8) is 0 Å². The Kier molecular flexibility index (Phi) is 119. The van der Waals surface area contributed by atoms with Gasteiger partial charge in [-0.25, -0.2) is 0 Å². The van der Waals surface area contributed by atoms with E-state index in [1.807, 2.05) is 0 Å². The van der Waals surface area contributed by atoms with E-state index in [0.717, 1.165) is 0 Å². The van der Waals surface area contributed by atoms with Gasteiger partial charge in [0.25, 0.3) is 0 Å². The summed E-state index contributed by atoms with van der Waals surface area (Å²) in [6, 6.07) is 0. The summed E-state index contributed by atoms with van der Waals surface area (Å²) in [7, 11) is 0. The number of rotatable bonds is 0. The molecule has 0 aliphatic carbocycles. The molecule has 0 aromatic rings. The molecule has 0 fully saturated rings. The second-order valence-electron chi connectivity index (χ2n) is 0. The third kappa shape index (κ3) is 10.0. The molecule has 4 heavy (non-hydrogen) atoms. The molecule has 0 unspecified atom stereocenters. The molecular weight excluding hydrogens is 241 g/mol. The average molecular weight is 243 g/mol. The molecule has 0 atom stereocenters. The summed E-state index contributed by atoms with van der Waals surface area (Å²) in [6.45, 7) is 0. The van der Waals surface area contributed by atoms with E-state index in [-0.39, 0.29) is 52.2 Å². The van der Waals surface area contributed by atoms with Crippen molar-refractivity contribution in [1.82, 2.24) is 0 Å². The maximum absolute atomic E-state index is 8.38. The average Bonchev–Trinajstić information content (AvgIpc) is 1.00. The van der Waals surface area contributed by atoms with Crippen molar-refractivity contribution in [1.29, 1.82) is 0 Å². The quantitative estimate of drug-likeness (QED) is 0.581.